The molecule has 0 aliphatic heterocycles. The molecule has 0 aromatic heterocycles. The summed E-state index contributed by atoms with van der Waals surface area (Å²) in [6, 6.07) is 10.4. The summed E-state index contributed by atoms with van der Waals surface area (Å²) in [7, 11) is -1.00. The number of hydrogen-bond donors (Lipinski definition) is 0. The lowest BCUT2D eigenvalue weighted by atomic mass is 10.1. The van der Waals surface area contributed by atoms with E-state index in [1.54, 1.807) is 31.2 Å². The zero-order valence-corrected chi connectivity index (χ0v) is 22.1. The molecular formula is C26H34BrFO5. The summed E-state index contributed by atoms with van der Waals surface area (Å²) >= 11 is 3.35. The molecule has 2 aromatic carbocycles. The Hall–Kier alpha value is -2.54. The molecule has 0 N–H and O–H groups in total. The van der Waals surface area contributed by atoms with Gasteiger partial charge >= 0.3 is 11.9 Å². The van der Waals surface area contributed by atoms with Crippen LogP contribution in [-0.4, -0.2) is 36.6 Å². The van der Waals surface area contributed by atoms with Gasteiger partial charge in [0.05, 0.1) is 19.7 Å². The Balaban J connectivity index is 0.000000575. The number of rotatable bonds is 3. The molecule has 0 atom stereocenters. The van der Waals surface area contributed by atoms with E-state index < -0.39 is 18.4 Å². The molecule has 2 rings (SSSR count). The Kier molecular flexibility index (Phi) is 11.4. The summed E-state index contributed by atoms with van der Waals surface area (Å²) in [5.74, 6) is -0.630. The maximum Gasteiger partial charge on any atom is 0.338 e. The van der Waals surface area contributed by atoms with E-state index in [1.165, 1.54) is 0 Å². The van der Waals surface area contributed by atoms with Gasteiger partial charge in [0.15, 0.2) is 0 Å². The molecule has 0 heterocycles. The maximum atomic E-state index is 11.8. The number of carbonyl (C=O) groups excluding carboxylic acids is 3. The van der Waals surface area contributed by atoms with E-state index in [4.69, 9.17) is 10.8 Å². The zero-order chi connectivity index (χ0) is 26.7. The Bertz CT molecular complexity index is 978. The Labute approximate surface area is 206 Å². The predicted molar refractivity (Wildman–Crippen MR) is 133 cm³/mol. The number of aldehydes is 1. The fraction of sp³-hybridized carbons (Fsp3) is 0.423. The number of ether oxygens (including phenoxy) is 2. The predicted octanol–water partition coefficient (Wildman–Crippen LogP) is 7.06. The normalized spacial score (nSPS) is 11.0. The third-order valence-corrected chi connectivity index (χ3v) is 4.31. The van der Waals surface area contributed by atoms with E-state index >= 15 is 0 Å². The van der Waals surface area contributed by atoms with Gasteiger partial charge in [0.2, 0.25) is 0 Å². The van der Waals surface area contributed by atoms with Gasteiger partial charge in [0, 0.05) is 10.0 Å². The summed E-state index contributed by atoms with van der Waals surface area (Å²) in [5, 5.41) is 0. The number of alkyl halides is 1. The van der Waals surface area contributed by atoms with E-state index in [0.717, 1.165) is 21.9 Å². The van der Waals surface area contributed by atoms with Crippen LogP contribution in [0.2, 0.25) is 0 Å². The van der Waals surface area contributed by atoms with Crippen molar-refractivity contribution in [3.8, 4) is 0 Å². The van der Waals surface area contributed by atoms with Crippen molar-refractivity contribution in [2.45, 2.75) is 66.6 Å². The number of benzene rings is 2. The molecule has 0 amide bonds. The van der Waals surface area contributed by atoms with E-state index in [0.29, 0.717) is 16.7 Å². The quantitative estimate of drug-likeness (QED) is 0.316. The molecule has 0 aliphatic carbocycles. The summed E-state index contributed by atoms with van der Waals surface area (Å²) in [6.45, 7) is 14.7. The monoisotopic (exact) mass is 525 g/mol. The van der Waals surface area contributed by atoms with Crippen LogP contribution in [0.3, 0.4) is 0 Å². The SMILES string of the molecule is Cc1cc(Br)ccc1C(=O)OC(C)(C)C.Cc1cc(C=O)ccc1C(=O)OC(C)(C)C.[2H]CF. The highest BCUT2D eigenvalue weighted by Gasteiger charge is 2.20. The molecule has 7 heteroatoms. The van der Waals surface area contributed by atoms with E-state index in [2.05, 4.69) is 15.9 Å². The van der Waals surface area contributed by atoms with E-state index in [9.17, 15) is 18.8 Å². The second-order valence-electron chi connectivity index (χ2n) is 9.16. The van der Waals surface area contributed by atoms with Crippen LogP contribution in [0, 0.1) is 13.8 Å². The van der Waals surface area contributed by atoms with Gasteiger partial charge in [-0.2, -0.15) is 0 Å². The molecule has 0 unspecified atom stereocenters. The highest BCUT2D eigenvalue weighted by Crippen LogP contribution is 2.19. The van der Waals surface area contributed by atoms with Crippen molar-refractivity contribution in [3.63, 3.8) is 0 Å². The molecule has 0 radical (unpaired) electrons. The zero-order valence-electron chi connectivity index (χ0n) is 21.5. The maximum absolute atomic E-state index is 11.8. The second kappa shape index (κ2) is 13.2. The van der Waals surface area contributed by atoms with Crippen LogP contribution in [-0.2, 0) is 9.47 Å². The highest BCUT2D eigenvalue weighted by molar-refractivity contribution is 9.10. The molecule has 0 spiro atoms. The lowest BCUT2D eigenvalue weighted by Gasteiger charge is -2.20. The Morgan fingerprint density at radius 2 is 1.27 bits per heavy atom. The van der Waals surface area contributed by atoms with Crippen molar-refractivity contribution in [2.24, 2.45) is 0 Å². The van der Waals surface area contributed by atoms with Gasteiger partial charge in [-0.25, -0.2) is 9.59 Å². The molecule has 0 saturated heterocycles. The summed E-state index contributed by atoms with van der Waals surface area (Å²) in [4.78, 5) is 34.1. The molecule has 5 nitrogen and oxygen atoms in total. The average molecular weight is 526 g/mol. The van der Waals surface area contributed by atoms with Crippen molar-refractivity contribution >= 4 is 34.2 Å². The van der Waals surface area contributed by atoms with Gasteiger partial charge in [0.1, 0.15) is 17.5 Å². The van der Waals surface area contributed by atoms with Crippen LogP contribution in [0.1, 0.15) is 85.1 Å². The fourth-order valence-electron chi connectivity index (χ4n) is 2.51. The van der Waals surface area contributed by atoms with Crippen LogP contribution in [0.15, 0.2) is 40.9 Å². The third kappa shape index (κ3) is 11.8. The Morgan fingerprint density at radius 1 is 0.879 bits per heavy atom. The minimum absolute atomic E-state index is 0.271. The van der Waals surface area contributed by atoms with E-state index in [-0.39, 0.29) is 11.9 Å². The highest BCUT2D eigenvalue weighted by atomic mass is 79.9. The van der Waals surface area contributed by atoms with Gasteiger partial charge in [0.25, 0.3) is 0 Å². The largest absolute Gasteiger partial charge is 0.456 e. The third-order valence-electron chi connectivity index (χ3n) is 3.81. The summed E-state index contributed by atoms with van der Waals surface area (Å²) in [6.07, 6.45) is 0.756. The average Bonchev–Trinajstić information content (AvgIpc) is 2.66. The lowest BCUT2D eigenvalue weighted by molar-refractivity contribution is 0.00560. The number of hydrogen-bond acceptors (Lipinski definition) is 5. The first-order chi connectivity index (χ1) is 15.5. The van der Waals surface area contributed by atoms with Gasteiger partial charge < -0.3 is 9.47 Å². The smallest absolute Gasteiger partial charge is 0.338 e. The van der Waals surface area contributed by atoms with Crippen LogP contribution < -0.4 is 0 Å². The number of esters is 2. The van der Waals surface area contributed by atoms with E-state index in [1.807, 2.05) is 60.6 Å². The molecular weight excluding hydrogens is 491 g/mol. The molecule has 0 fully saturated rings. The van der Waals surface area contributed by atoms with Crippen LogP contribution in [0.4, 0.5) is 4.39 Å². The summed E-state index contributed by atoms with van der Waals surface area (Å²) in [5.41, 5.74) is 2.39. The first-order valence-corrected chi connectivity index (χ1v) is 11.0. The first-order valence-electron chi connectivity index (χ1n) is 10.9. The molecule has 182 valence electrons. The van der Waals surface area contributed by atoms with Crippen molar-refractivity contribution in [1.29, 1.82) is 0 Å². The number of halogens is 2. The first kappa shape index (κ1) is 28.5. The van der Waals surface area contributed by atoms with Gasteiger partial charge in [-0.3, -0.25) is 9.18 Å². The minimum Gasteiger partial charge on any atom is -0.456 e. The lowest BCUT2D eigenvalue weighted by Crippen LogP contribution is -2.24. The van der Waals surface area contributed by atoms with Crippen LogP contribution in [0.25, 0.3) is 0 Å². The molecule has 0 aliphatic rings. The molecule has 33 heavy (non-hydrogen) atoms. The standard InChI is InChI=1S/C13H16O3.C12H15BrO2.CH3F/c1-9-7-10(8-14)5-6-11(9)12(15)16-13(2,3)4;1-8-7-9(13)5-6-10(8)11(14)15-12(2,3)4;1-2/h5-8H,1-4H3;5-7H,1-4H3;1H3/i;;1D. The fourth-order valence-corrected chi connectivity index (χ4v) is 2.99. The number of carbonyl (C=O) groups is 3. The van der Waals surface area contributed by atoms with Gasteiger partial charge in [-0.15, -0.1) is 0 Å². The second-order valence-corrected chi connectivity index (χ2v) is 10.1. The van der Waals surface area contributed by atoms with Crippen molar-refractivity contribution in [3.05, 3.63) is 68.7 Å². The summed E-state index contributed by atoms with van der Waals surface area (Å²) < 4.78 is 27.0. The van der Waals surface area contributed by atoms with Crippen LogP contribution >= 0.6 is 15.9 Å². The van der Waals surface area contributed by atoms with Gasteiger partial charge in [-0.05, 0) is 96.8 Å². The van der Waals surface area contributed by atoms with Crippen molar-refractivity contribution in [2.75, 3.05) is 7.15 Å². The van der Waals surface area contributed by atoms with Crippen molar-refractivity contribution in [1.82, 2.24) is 0 Å². The Morgan fingerprint density at radius 3 is 1.61 bits per heavy atom. The molecule has 0 bridgehead atoms. The molecule has 0 saturated carbocycles. The minimum atomic E-state index is -1.00. The van der Waals surface area contributed by atoms with Crippen molar-refractivity contribution < 1.29 is 29.6 Å². The topological polar surface area (TPSA) is 69.7 Å². The van der Waals surface area contributed by atoms with Crippen LogP contribution in [0.5, 0.6) is 0 Å². The van der Waals surface area contributed by atoms with Gasteiger partial charge in [-0.1, -0.05) is 22.0 Å². The number of aryl methyl sites for hydroxylation is 2. The molecule has 2 aromatic rings.